The number of amides is 1. The molecule has 0 radical (unpaired) electrons. The summed E-state index contributed by atoms with van der Waals surface area (Å²) in [5.74, 6) is -0.0410. The maximum absolute atomic E-state index is 13.6. The molecule has 1 aliphatic rings. The molecule has 1 fully saturated rings. The van der Waals surface area contributed by atoms with Gasteiger partial charge in [0.15, 0.2) is 6.61 Å². The average molecular weight is 744 g/mol. The van der Waals surface area contributed by atoms with E-state index in [-0.39, 0.29) is 33.0 Å². The van der Waals surface area contributed by atoms with Crippen LogP contribution in [0.15, 0.2) is 83.2 Å². The van der Waals surface area contributed by atoms with Crippen LogP contribution in [0.2, 0.25) is 0 Å². The Morgan fingerprint density at radius 2 is 1.69 bits per heavy atom. The van der Waals surface area contributed by atoms with Gasteiger partial charge in [0.25, 0.3) is 15.9 Å². The number of hydrogen-bond donors (Lipinski definition) is 1. The van der Waals surface area contributed by atoms with Gasteiger partial charge in [-0.25, -0.2) is 18.2 Å². The van der Waals surface area contributed by atoms with Crippen LogP contribution in [0.3, 0.4) is 0 Å². The van der Waals surface area contributed by atoms with Gasteiger partial charge in [-0.05, 0) is 53.4 Å². The fraction of sp³-hybridized carbons (Fsp3) is 0.265. The summed E-state index contributed by atoms with van der Waals surface area (Å²) >= 11 is 0.959. The average Bonchev–Trinajstić information content (AvgIpc) is 3.74. The van der Waals surface area contributed by atoms with Gasteiger partial charge in [-0.3, -0.25) is 14.4 Å². The Bertz CT molecular complexity index is 2140. The molecule has 0 bridgehead atoms. The van der Waals surface area contributed by atoms with Gasteiger partial charge < -0.3 is 23.7 Å². The normalized spacial score (nSPS) is 14.0. The van der Waals surface area contributed by atoms with E-state index in [1.165, 1.54) is 49.0 Å². The molecule has 268 valence electrons. The van der Waals surface area contributed by atoms with Crippen LogP contribution in [0.5, 0.6) is 17.4 Å². The second kappa shape index (κ2) is 14.6. The first-order valence-corrected chi connectivity index (χ1v) is 17.9. The van der Waals surface area contributed by atoms with Crippen LogP contribution in [0.1, 0.15) is 25.7 Å². The van der Waals surface area contributed by atoms with Gasteiger partial charge in [-0.2, -0.15) is 13.2 Å². The number of aromatic nitrogens is 2. The highest BCUT2D eigenvalue weighted by Gasteiger charge is 2.29. The zero-order valence-electron chi connectivity index (χ0n) is 27.3. The van der Waals surface area contributed by atoms with Gasteiger partial charge in [-0.15, -0.1) is 11.3 Å². The van der Waals surface area contributed by atoms with Gasteiger partial charge in [-0.1, -0.05) is 12.1 Å². The minimum atomic E-state index is -4.39. The number of pyridine rings is 1. The number of esters is 1. The van der Waals surface area contributed by atoms with Crippen molar-refractivity contribution in [1.29, 1.82) is 0 Å². The number of thiophene rings is 1. The largest absolute Gasteiger partial charge is 0.484 e. The van der Waals surface area contributed by atoms with Gasteiger partial charge in [0, 0.05) is 57.3 Å². The van der Waals surface area contributed by atoms with Gasteiger partial charge >= 0.3 is 12.1 Å². The third-order valence-corrected chi connectivity index (χ3v) is 10.6. The maximum Gasteiger partial charge on any atom is 0.422 e. The van der Waals surface area contributed by atoms with Crippen LogP contribution in [0.4, 0.5) is 18.9 Å². The number of hydrogen-bond acceptors (Lipinski definition) is 10. The van der Waals surface area contributed by atoms with E-state index >= 15 is 0 Å². The van der Waals surface area contributed by atoms with Crippen LogP contribution in [0, 0.1) is 0 Å². The number of carbonyl (C=O) groups is 2. The van der Waals surface area contributed by atoms with Crippen LogP contribution in [-0.4, -0.2) is 85.7 Å². The van der Waals surface area contributed by atoms with E-state index in [1.807, 2.05) is 12.1 Å². The third-order valence-electron chi connectivity index (χ3n) is 8.13. The minimum absolute atomic E-state index is 0.0394. The molecule has 0 unspecified atom stereocenters. The summed E-state index contributed by atoms with van der Waals surface area (Å²) in [6.45, 7) is 1.55. The number of nitrogens with zero attached hydrogens (tertiary/aromatic N) is 4. The first-order chi connectivity index (χ1) is 24.3. The van der Waals surface area contributed by atoms with E-state index in [1.54, 1.807) is 40.8 Å². The number of benzene rings is 2. The van der Waals surface area contributed by atoms with Crippen molar-refractivity contribution in [2.75, 3.05) is 44.6 Å². The summed E-state index contributed by atoms with van der Waals surface area (Å²) in [6, 6.07) is 18.0. The Kier molecular flexibility index (Phi) is 10.2. The van der Waals surface area contributed by atoms with Crippen molar-refractivity contribution in [3.8, 4) is 17.4 Å². The van der Waals surface area contributed by atoms with E-state index in [0.29, 0.717) is 44.2 Å². The highest BCUT2D eigenvalue weighted by atomic mass is 32.2. The second-order valence-corrected chi connectivity index (χ2v) is 14.2. The van der Waals surface area contributed by atoms with Crippen molar-refractivity contribution in [3.05, 3.63) is 94.4 Å². The van der Waals surface area contributed by atoms with E-state index in [2.05, 4.69) is 19.3 Å². The number of piperazine rings is 1. The number of ether oxygens (including phenoxy) is 3. The minimum Gasteiger partial charge on any atom is -0.484 e. The Balaban J connectivity index is 1.04. The lowest BCUT2D eigenvalue weighted by Crippen LogP contribution is -2.48. The number of rotatable bonds is 11. The molecule has 0 spiro atoms. The van der Waals surface area contributed by atoms with Gasteiger partial charge in [0.05, 0.1) is 24.5 Å². The SMILES string of the molecule is COC(=O)c1sccc1S(=O)(=O)Nc1ccc(Oc2ccc3cc(C(=O)N4CCN(Cc5ccc(OCC(F)(F)F)cc5)CC4)n(C)c3c2)nc1. The number of aryl methyl sites for hydroxylation is 1. The molecule has 2 aromatic carbocycles. The maximum atomic E-state index is 13.6. The smallest absolute Gasteiger partial charge is 0.422 e. The zero-order valence-corrected chi connectivity index (χ0v) is 29.0. The van der Waals surface area contributed by atoms with Crippen molar-refractivity contribution >= 4 is 49.8 Å². The number of fused-ring (bicyclic) bond motifs is 1. The lowest BCUT2D eigenvalue weighted by Gasteiger charge is -2.34. The number of methoxy groups -OCH3 is 1. The van der Waals surface area contributed by atoms with Crippen molar-refractivity contribution in [3.63, 3.8) is 0 Å². The lowest BCUT2D eigenvalue weighted by molar-refractivity contribution is -0.153. The molecular weight excluding hydrogens is 712 g/mol. The molecule has 1 amide bonds. The second-order valence-electron chi connectivity index (χ2n) is 11.6. The summed E-state index contributed by atoms with van der Waals surface area (Å²) in [5, 5.41) is 2.32. The number of nitrogens with one attached hydrogen (secondary N) is 1. The van der Waals surface area contributed by atoms with Crippen LogP contribution in [-0.2, 0) is 28.4 Å². The Morgan fingerprint density at radius 1 is 0.961 bits per heavy atom. The molecule has 0 aliphatic carbocycles. The van der Waals surface area contributed by atoms with E-state index in [0.717, 1.165) is 27.8 Å². The summed E-state index contributed by atoms with van der Waals surface area (Å²) in [4.78, 5) is 33.5. The number of carbonyl (C=O) groups excluding carboxylic acids is 2. The monoisotopic (exact) mass is 743 g/mol. The molecule has 12 nitrogen and oxygen atoms in total. The summed E-state index contributed by atoms with van der Waals surface area (Å²) in [6.07, 6.45) is -3.10. The predicted octanol–water partition coefficient (Wildman–Crippen LogP) is 5.91. The molecular formula is C34H32F3N5O7S2. The zero-order chi connectivity index (χ0) is 36.3. The molecule has 3 aromatic heterocycles. The quantitative estimate of drug-likeness (QED) is 0.164. The highest BCUT2D eigenvalue weighted by Crippen LogP contribution is 2.29. The topological polar surface area (TPSA) is 132 Å². The van der Waals surface area contributed by atoms with Gasteiger partial charge in [0.2, 0.25) is 5.88 Å². The standard InChI is InChI=1S/C34H32F3N5O7S2/c1-40-27-18-26(49-30-10-6-24(19-38-30)39-51(45,46)29-11-16-50-31(29)33(44)47-2)9-5-23(27)17-28(40)32(43)42-14-12-41(13-15-42)20-22-3-7-25(8-4-22)48-21-34(35,36)37/h3-11,16-19,39H,12-15,20-21H2,1-2H3. The van der Waals surface area contributed by atoms with E-state index in [9.17, 15) is 31.2 Å². The molecule has 1 N–H and O–H groups in total. The Hall–Kier alpha value is -5.13. The summed E-state index contributed by atoms with van der Waals surface area (Å²) in [5.41, 5.74) is 2.37. The lowest BCUT2D eigenvalue weighted by atomic mass is 10.2. The molecule has 4 heterocycles. The van der Waals surface area contributed by atoms with Crippen LogP contribution in [0.25, 0.3) is 10.9 Å². The highest BCUT2D eigenvalue weighted by molar-refractivity contribution is 7.93. The molecule has 6 rings (SSSR count). The molecule has 5 aromatic rings. The van der Waals surface area contributed by atoms with Gasteiger partial charge in [0.1, 0.15) is 27.0 Å². The van der Waals surface area contributed by atoms with Crippen molar-refractivity contribution in [2.45, 2.75) is 17.6 Å². The Labute approximate surface area is 295 Å². The molecule has 0 atom stereocenters. The summed E-state index contributed by atoms with van der Waals surface area (Å²) < 4.78 is 82.6. The molecule has 1 aliphatic heterocycles. The number of anilines is 1. The fourth-order valence-corrected chi connectivity index (χ4v) is 7.93. The molecule has 51 heavy (non-hydrogen) atoms. The van der Waals surface area contributed by atoms with Crippen LogP contribution < -0.4 is 14.2 Å². The number of sulfonamides is 1. The summed E-state index contributed by atoms with van der Waals surface area (Å²) in [7, 11) is -1.10. The first kappa shape index (κ1) is 35.7. The Morgan fingerprint density at radius 3 is 2.35 bits per heavy atom. The number of alkyl halides is 3. The van der Waals surface area contributed by atoms with E-state index < -0.39 is 28.8 Å². The predicted molar refractivity (Wildman–Crippen MR) is 183 cm³/mol. The van der Waals surface area contributed by atoms with E-state index in [4.69, 9.17) is 9.47 Å². The fourth-order valence-electron chi connectivity index (χ4n) is 5.55. The van der Waals surface area contributed by atoms with Crippen molar-refractivity contribution in [2.24, 2.45) is 7.05 Å². The van der Waals surface area contributed by atoms with Crippen molar-refractivity contribution < 1.29 is 45.4 Å². The molecule has 17 heteroatoms. The number of halogens is 3. The third kappa shape index (κ3) is 8.44. The molecule has 1 saturated heterocycles. The van der Waals surface area contributed by atoms with Crippen LogP contribution >= 0.6 is 11.3 Å². The van der Waals surface area contributed by atoms with Crippen molar-refractivity contribution in [1.82, 2.24) is 19.4 Å². The molecule has 0 saturated carbocycles. The first-order valence-electron chi connectivity index (χ1n) is 15.5.